The molecular weight excluding hydrogens is 325 g/mol. The highest BCUT2D eigenvalue weighted by Crippen LogP contribution is 2.24. The lowest BCUT2D eigenvalue weighted by atomic mass is 10.1. The zero-order chi connectivity index (χ0) is 16.3. The zero-order valence-electron chi connectivity index (χ0n) is 12.2. The monoisotopic (exact) mass is 339 g/mol. The maximum Gasteiger partial charge on any atom is 0.258 e. The first kappa shape index (κ1) is 16.6. The van der Waals surface area contributed by atoms with E-state index in [1.807, 2.05) is 0 Å². The van der Waals surface area contributed by atoms with Gasteiger partial charge in [-0.1, -0.05) is 29.3 Å². The first-order valence-electron chi connectivity index (χ1n) is 6.53. The molecule has 0 bridgehead atoms. The maximum atomic E-state index is 13.7. The molecule has 0 heterocycles. The van der Waals surface area contributed by atoms with Gasteiger partial charge in [0.2, 0.25) is 0 Å². The normalized spacial score (nSPS) is 12.0. The smallest absolute Gasteiger partial charge is 0.258 e. The number of halogens is 2. The maximum absolute atomic E-state index is 13.7. The lowest BCUT2D eigenvalue weighted by Crippen LogP contribution is -2.14. The number of aryl methyl sites for hydroxylation is 1. The number of hydrogen-bond acceptors (Lipinski definition) is 2. The Balaban J connectivity index is 2.27. The van der Waals surface area contributed by atoms with Gasteiger partial charge in [-0.25, -0.2) is 4.39 Å². The van der Waals surface area contributed by atoms with Crippen LogP contribution < -0.4 is 5.32 Å². The van der Waals surface area contributed by atoms with Crippen molar-refractivity contribution in [2.45, 2.75) is 12.7 Å². The number of amides is 1. The molecule has 2 rings (SSSR count). The first-order valence-corrected chi connectivity index (χ1v) is 8.63. The minimum absolute atomic E-state index is 0.0412. The van der Waals surface area contributed by atoms with E-state index in [1.54, 1.807) is 37.4 Å². The van der Waals surface area contributed by atoms with E-state index in [-0.39, 0.29) is 5.56 Å². The number of nitrogens with one attached hydrogen (secondary N) is 1. The molecule has 116 valence electrons. The molecule has 1 N–H and O–H groups in total. The molecule has 0 aliphatic heterocycles. The van der Waals surface area contributed by atoms with Crippen molar-refractivity contribution in [2.75, 3.05) is 11.6 Å². The summed E-state index contributed by atoms with van der Waals surface area (Å²) in [6.45, 7) is 1.78. The number of benzene rings is 2. The average molecular weight is 340 g/mol. The fourth-order valence-corrected chi connectivity index (χ4v) is 2.81. The first-order chi connectivity index (χ1) is 10.4. The van der Waals surface area contributed by atoms with Crippen LogP contribution in [-0.2, 0) is 16.6 Å². The Kier molecular flexibility index (Phi) is 5.32. The largest absolute Gasteiger partial charge is 0.321 e. The molecule has 22 heavy (non-hydrogen) atoms. The van der Waals surface area contributed by atoms with Crippen LogP contribution in [0.5, 0.6) is 0 Å². The lowest BCUT2D eigenvalue weighted by Gasteiger charge is -2.10. The van der Waals surface area contributed by atoms with Crippen molar-refractivity contribution < 1.29 is 13.4 Å². The minimum atomic E-state index is -1.00. The second kappa shape index (κ2) is 7.03. The van der Waals surface area contributed by atoms with Gasteiger partial charge in [-0.15, -0.1) is 0 Å². The van der Waals surface area contributed by atoms with E-state index in [0.29, 0.717) is 16.5 Å². The van der Waals surface area contributed by atoms with Gasteiger partial charge in [0.05, 0.1) is 16.3 Å². The standard InChI is InChI=1S/C16H15ClFNO2S/c1-10-3-6-14(18)12(7-10)16(20)19-15-8-11(9-22(2)21)4-5-13(15)17/h3-8H,9H2,1-2H3,(H,19,20). The highest BCUT2D eigenvalue weighted by Gasteiger charge is 2.14. The molecule has 0 aromatic heterocycles. The predicted octanol–water partition coefficient (Wildman–Crippen LogP) is 3.92. The number of carbonyl (C=O) groups excluding carboxylic acids is 1. The van der Waals surface area contributed by atoms with Gasteiger partial charge in [-0.05, 0) is 36.8 Å². The Labute approximate surface area is 136 Å². The van der Waals surface area contributed by atoms with E-state index in [1.165, 1.54) is 12.1 Å². The summed E-state index contributed by atoms with van der Waals surface area (Å²) in [5, 5.41) is 2.94. The van der Waals surface area contributed by atoms with E-state index in [2.05, 4.69) is 5.32 Å². The summed E-state index contributed by atoms with van der Waals surface area (Å²) in [7, 11) is -1.00. The Morgan fingerprint density at radius 2 is 2.00 bits per heavy atom. The van der Waals surface area contributed by atoms with E-state index in [4.69, 9.17) is 11.6 Å². The predicted molar refractivity (Wildman–Crippen MR) is 88.3 cm³/mol. The van der Waals surface area contributed by atoms with Crippen LogP contribution in [0.1, 0.15) is 21.5 Å². The third-order valence-electron chi connectivity index (χ3n) is 3.02. The molecule has 2 aromatic rings. The molecular formula is C16H15ClFNO2S. The fraction of sp³-hybridized carbons (Fsp3) is 0.188. The molecule has 0 radical (unpaired) electrons. The second-order valence-electron chi connectivity index (χ2n) is 4.97. The van der Waals surface area contributed by atoms with Crippen molar-refractivity contribution in [1.29, 1.82) is 0 Å². The van der Waals surface area contributed by atoms with Gasteiger partial charge in [0.1, 0.15) is 5.82 Å². The summed E-state index contributed by atoms with van der Waals surface area (Å²) < 4.78 is 25.0. The van der Waals surface area contributed by atoms with Crippen molar-refractivity contribution in [3.8, 4) is 0 Å². The summed E-state index contributed by atoms with van der Waals surface area (Å²) in [6, 6.07) is 9.33. The molecule has 1 atom stereocenters. The molecule has 0 aliphatic carbocycles. The van der Waals surface area contributed by atoms with Crippen LogP contribution in [0.2, 0.25) is 5.02 Å². The van der Waals surface area contributed by atoms with Crippen molar-refractivity contribution in [3.05, 3.63) is 63.9 Å². The molecule has 0 saturated heterocycles. The van der Waals surface area contributed by atoms with Gasteiger partial charge in [-0.2, -0.15) is 0 Å². The zero-order valence-corrected chi connectivity index (χ0v) is 13.7. The van der Waals surface area contributed by atoms with Crippen LogP contribution in [0, 0.1) is 12.7 Å². The third-order valence-corrected chi connectivity index (χ3v) is 4.08. The summed E-state index contributed by atoms with van der Waals surface area (Å²) in [5.74, 6) is -0.804. The summed E-state index contributed by atoms with van der Waals surface area (Å²) in [4.78, 5) is 12.2. The highest BCUT2D eigenvalue weighted by atomic mass is 35.5. The quantitative estimate of drug-likeness (QED) is 0.917. The molecule has 1 amide bonds. The van der Waals surface area contributed by atoms with Crippen molar-refractivity contribution in [1.82, 2.24) is 0 Å². The highest BCUT2D eigenvalue weighted by molar-refractivity contribution is 7.83. The summed E-state index contributed by atoms with van der Waals surface area (Å²) >= 11 is 6.05. The van der Waals surface area contributed by atoms with Crippen LogP contribution in [0.15, 0.2) is 36.4 Å². The van der Waals surface area contributed by atoms with Crippen molar-refractivity contribution in [3.63, 3.8) is 0 Å². The molecule has 6 heteroatoms. The minimum Gasteiger partial charge on any atom is -0.321 e. The van der Waals surface area contributed by atoms with Crippen LogP contribution in [0.3, 0.4) is 0 Å². The average Bonchev–Trinajstić information content (AvgIpc) is 2.44. The van der Waals surface area contributed by atoms with Gasteiger partial charge in [-0.3, -0.25) is 9.00 Å². The van der Waals surface area contributed by atoms with E-state index >= 15 is 0 Å². The second-order valence-corrected chi connectivity index (χ2v) is 6.81. The number of anilines is 1. The summed E-state index contributed by atoms with van der Waals surface area (Å²) in [6.07, 6.45) is 1.59. The number of carbonyl (C=O) groups is 1. The van der Waals surface area contributed by atoms with Crippen LogP contribution in [0.4, 0.5) is 10.1 Å². The number of rotatable bonds is 4. The Hall–Kier alpha value is -1.72. The fourth-order valence-electron chi connectivity index (χ4n) is 2.00. The Morgan fingerprint density at radius 3 is 2.68 bits per heavy atom. The van der Waals surface area contributed by atoms with Crippen molar-refractivity contribution >= 4 is 34.0 Å². The van der Waals surface area contributed by atoms with Gasteiger partial charge in [0.15, 0.2) is 0 Å². The van der Waals surface area contributed by atoms with Gasteiger partial charge in [0, 0.05) is 22.8 Å². The van der Waals surface area contributed by atoms with Crippen LogP contribution in [0.25, 0.3) is 0 Å². The van der Waals surface area contributed by atoms with E-state index < -0.39 is 22.5 Å². The van der Waals surface area contributed by atoms with Gasteiger partial charge >= 0.3 is 0 Å². The molecule has 0 spiro atoms. The van der Waals surface area contributed by atoms with E-state index in [0.717, 1.165) is 11.1 Å². The Morgan fingerprint density at radius 1 is 1.27 bits per heavy atom. The van der Waals surface area contributed by atoms with Gasteiger partial charge in [0.25, 0.3) is 5.91 Å². The lowest BCUT2D eigenvalue weighted by molar-refractivity contribution is 0.102. The van der Waals surface area contributed by atoms with Crippen molar-refractivity contribution in [2.24, 2.45) is 0 Å². The molecule has 3 nitrogen and oxygen atoms in total. The third kappa shape index (κ3) is 4.15. The number of hydrogen-bond donors (Lipinski definition) is 1. The molecule has 0 fully saturated rings. The Bertz CT molecular complexity index is 749. The van der Waals surface area contributed by atoms with Gasteiger partial charge < -0.3 is 5.32 Å². The van der Waals surface area contributed by atoms with E-state index in [9.17, 15) is 13.4 Å². The topological polar surface area (TPSA) is 46.2 Å². The molecule has 0 saturated carbocycles. The molecule has 2 aromatic carbocycles. The molecule has 0 aliphatic rings. The summed E-state index contributed by atoms with van der Waals surface area (Å²) in [5.41, 5.74) is 1.90. The van der Waals surface area contributed by atoms with Crippen LogP contribution >= 0.6 is 11.6 Å². The molecule has 1 unspecified atom stereocenters. The SMILES string of the molecule is Cc1ccc(F)c(C(=O)Nc2cc(CS(C)=O)ccc2Cl)c1. The van der Waals surface area contributed by atoms with Crippen LogP contribution in [-0.4, -0.2) is 16.4 Å².